The molecule has 1 atom stereocenters. The van der Waals surface area contributed by atoms with Crippen LogP contribution in [0.4, 0.5) is 0 Å². The number of fused-ring (bicyclic) bond motifs is 4. The summed E-state index contributed by atoms with van der Waals surface area (Å²) in [4.78, 5) is 34.4. The van der Waals surface area contributed by atoms with Crippen LogP contribution >= 0.6 is 0 Å². The lowest BCUT2D eigenvalue weighted by molar-refractivity contribution is -0.125. The van der Waals surface area contributed by atoms with E-state index in [2.05, 4.69) is 60.4 Å². The van der Waals surface area contributed by atoms with E-state index in [1.54, 1.807) is 12.4 Å². The molecule has 0 spiro atoms. The highest BCUT2D eigenvalue weighted by atomic mass is 16.5. The minimum atomic E-state index is -0.697. The van der Waals surface area contributed by atoms with E-state index in [-0.39, 0.29) is 0 Å². The number of rotatable bonds is 15. The van der Waals surface area contributed by atoms with E-state index >= 15 is 0 Å². The highest BCUT2D eigenvalue weighted by Gasteiger charge is 2.27. The van der Waals surface area contributed by atoms with Crippen LogP contribution in [0.15, 0.2) is 110 Å². The van der Waals surface area contributed by atoms with Crippen LogP contribution in [-0.2, 0) is 30.7 Å². The van der Waals surface area contributed by atoms with Gasteiger partial charge in [-0.3, -0.25) is 34.1 Å². The molecule has 0 bridgehead atoms. The van der Waals surface area contributed by atoms with Crippen molar-refractivity contribution in [3.8, 4) is 56.5 Å². The first kappa shape index (κ1) is 43.2. The molecule has 0 saturated carbocycles. The molecule has 0 saturated heterocycles. The normalized spacial score (nSPS) is 13.5. The fourth-order valence-electron chi connectivity index (χ4n) is 8.82. The van der Waals surface area contributed by atoms with Crippen LogP contribution in [0, 0.1) is 0 Å². The second kappa shape index (κ2) is 19.4. The van der Waals surface area contributed by atoms with Crippen molar-refractivity contribution in [1.29, 1.82) is 0 Å². The first-order valence-corrected chi connectivity index (χ1v) is 22.4. The highest BCUT2D eigenvalue weighted by molar-refractivity contribution is 6.00. The Morgan fingerprint density at radius 2 is 1.20 bits per heavy atom. The molecule has 1 unspecified atom stereocenters. The number of carbonyl (C=O) groups excluding carboxylic acids is 1. The van der Waals surface area contributed by atoms with Crippen molar-refractivity contribution in [3.05, 3.63) is 121 Å². The SMILES string of the molecule is CN(C)CCC(Oc1ccc2c(-c3c(-c4ccccn4)nn4c3CCC4)ccnc2c1)C(N)=O.CN(C)CCCOc1ccc2c(-c3c(-c4ccccn4)nn4c3CCC4)ccnc2c1. The Balaban J connectivity index is 0.000000165. The number of aryl methyl sites for hydroxylation is 2. The Labute approximate surface area is 379 Å². The standard InChI is InChI=1S/C26H28N6O2.C25H27N5O/c1-31(2)15-11-23(26(27)33)34-17-8-9-18-19(10-13-29-21(18)16-17)24-22-7-5-14-32(22)30-25(24)20-6-3-4-12-28-20;1-29(2)14-6-16-31-18-9-10-19-20(11-13-27-22(19)17-18)24-23-8-5-15-30(23)28-25(24)21-7-3-4-12-26-21/h3-4,6,8-10,12-13,16,23H,5,7,11,14-15H2,1-2H3,(H2,27,33);3-4,7,9-13,17H,5-6,8,14-16H2,1-2H3. The Hall–Kier alpha value is -7.03. The number of nitrogens with zero attached hydrogens (tertiary/aromatic N) is 10. The molecule has 332 valence electrons. The van der Waals surface area contributed by atoms with Crippen molar-refractivity contribution < 1.29 is 14.3 Å². The average molecular weight is 870 g/mol. The van der Waals surface area contributed by atoms with Gasteiger partial charge in [-0.2, -0.15) is 10.2 Å². The molecular formula is C51H55N11O3. The maximum absolute atomic E-state index is 11.9. The van der Waals surface area contributed by atoms with E-state index in [0.717, 1.165) is 119 Å². The zero-order chi connectivity index (χ0) is 44.9. The van der Waals surface area contributed by atoms with Crippen LogP contribution in [0.1, 0.15) is 37.1 Å². The third-order valence-corrected chi connectivity index (χ3v) is 11.9. The topological polar surface area (TPSA) is 155 Å². The Morgan fingerprint density at radius 3 is 1.71 bits per heavy atom. The Morgan fingerprint density at radius 1 is 0.662 bits per heavy atom. The van der Waals surface area contributed by atoms with E-state index in [4.69, 9.17) is 25.4 Å². The number of benzene rings is 2. The van der Waals surface area contributed by atoms with Gasteiger partial charge < -0.3 is 25.0 Å². The third-order valence-electron chi connectivity index (χ3n) is 11.9. The fourth-order valence-corrected chi connectivity index (χ4v) is 8.82. The van der Waals surface area contributed by atoms with Crippen molar-refractivity contribution in [3.63, 3.8) is 0 Å². The maximum Gasteiger partial charge on any atom is 0.258 e. The number of ether oxygens (including phenoxy) is 2. The molecule has 6 aromatic heterocycles. The smallest absolute Gasteiger partial charge is 0.258 e. The Kier molecular flexibility index (Phi) is 12.9. The number of hydrogen-bond donors (Lipinski definition) is 1. The van der Waals surface area contributed by atoms with Crippen molar-refractivity contribution in [2.24, 2.45) is 5.73 Å². The highest BCUT2D eigenvalue weighted by Crippen LogP contribution is 2.42. The first-order chi connectivity index (χ1) is 31.7. The zero-order valence-electron chi connectivity index (χ0n) is 37.5. The number of primary amides is 1. The van der Waals surface area contributed by atoms with E-state index in [9.17, 15) is 4.79 Å². The third kappa shape index (κ3) is 9.45. The lowest BCUT2D eigenvalue weighted by Gasteiger charge is -2.18. The summed E-state index contributed by atoms with van der Waals surface area (Å²) in [6, 6.07) is 28.0. The molecule has 14 nitrogen and oxygen atoms in total. The van der Waals surface area contributed by atoms with E-state index < -0.39 is 12.0 Å². The van der Waals surface area contributed by atoms with Gasteiger partial charge in [0.15, 0.2) is 6.10 Å². The molecule has 2 N–H and O–H groups in total. The minimum absolute atomic E-state index is 0.473. The molecule has 65 heavy (non-hydrogen) atoms. The van der Waals surface area contributed by atoms with Gasteiger partial charge in [-0.1, -0.05) is 12.1 Å². The van der Waals surface area contributed by atoms with Gasteiger partial charge in [-0.05, 0) is 132 Å². The number of carbonyl (C=O) groups is 1. The van der Waals surface area contributed by atoms with Crippen LogP contribution in [0.25, 0.3) is 66.8 Å². The second-order valence-electron chi connectivity index (χ2n) is 17.1. The molecule has 2 aromatic carbocycles. The molecule has 8 aromatic rings. The van der Waals surface area contributed by atoms with Crippen LogP contribution in [0.2, 0.25) is 0 Å². The van der Waals surface area contributed by atoms with Crippen LogP contribution in [0.5, 0.6) is 11.5 Å². The van der Waals surface area contributed by atoms with Crippen molar-refractivity contribution in [2.75, 3.05) is 47.9 Å². The first-order valence-electron chi connectivity index (χ1n) is 22.4. The molecular weight excluding hydrogens is 815 g/mol. The molecule has 8 heterocycles. The van der Waals surface area contributed by atoms with Gasteiger partial charge >= 0.3 is 0 Å². The number of aromatic nitrogens is 8. The quantitative estimate of drug-likeness (QED) is 0.101. The molecule has 2 aliphatic heterocycles. The molecule has 14 heteroatoms. The van der Waals surface area contributed by atoms with Gasteiger partial charge in [0.05, 0.1) is 29.0 Å². The van der Waals surface area contributed by atoms with E-state index in [0.29, 0.717) is 25.3 Å². The summed E-state index contributed by atoms with van der Waals surface area (Å²) in [5.74, 6) is 0.963. The van der Waals surface area contributed by atoms with Crippen molar-refractivity contribution in [2.45, 2.75) is 57.7 Å². The van der Waals surface area contributed by atoms with Gasteiger partial charge in [0.2, 0.25) is 0 Å². The van der Waals surface area contributed by atoms with Crippen LogP contribution in [-0.4, -0.2) is 109 Å². The van der Waals surface area contributed by atoms with Crippen molar-refractivity contribution >= 4 is 27.7 Å². The monoisotopic (exact) mass is 869 g/mol. The predicted octanol–water partition coefficient (Wildman–Crippen LogP) is 7.73. The molecule has 10 rings (SSSR count). The zero-order valence-corrected chi connectivity index (χ0v) is 37.5. The largest absolute Gasteiger partial charge is 0.493 e. The molecule has 0 fully saturated rings. The predicted molar refractivity (Wildman–Crippen MR) is 254 cm³/mol. The summed E-state index contributed by atoms with van der Waals surface area (Å²) in [7, 11) is 8.06. The van der Waals surface area contributed by atoms with Gasteiger partial charge in [0.25, 0.3) is 5.91 Å². The molecule has 1 amide bonds. The minimum Gasteiger partial charge on any atom is -0.493 e. The number of pyridine rings is 4. The lowest BCUT2D eigenvalue weighted by atomic mass is 9.96. The van der Waals surface area contributed by atoms with Gasteiger partial charge in [-0.25, -0.2) is 0 Å². The van der Waals surface area contributed by atoms with Gasteiger partial charge in [-0.15, -0.1) is 0 Å². The second-order valence-corrected chi connectivity index (χ2v) is 17.1. The summed E-state index contributed by atoms with van der Waals surface area (Å²) >= 11 is 0. The van der Waals surface area contributed by atoms with Gasteiger partial charge in [0, 0.05) is 103 Å². The van der Waals surface area contributed by atoms with Gasteiger partial charge in [0.1, 0.15) is 22.9 Å². The lowest BCUT2D eigenvalue weighted by Crippen LogP contribution is -2.36. The summed E-state index contributed by atoms with van der Waals surface area (Å²) in [6.45, 7) is 4.29. The molecule has 0 radical (unpaired) electrons. The summed E-state index contributed by atoms with van der Waals surface area (Å²) in [5, 5.41) is 12.0. The summed E-state index contributed by atoms with van der Waals surface area (Å²) in [6.07, 6.45) is 12.4. The maximum atomic E-state index is 11.9. The van der Waals surface area contributed by atoms with Crippen LogP contribution < -0.4 is 15.2 Å². The van der Waals surface area contributed by atoms with E-state index in [1.807, 2.05) is 104 Å². The number of nitrogens with two attached hydrogens (primary N) is 1. The number of amides is 1. The van der Waals surface area contributed by atoms with Crippen LogP contribution in [0.3, 0.4) is 0 Å². The average Bonchev–Trinajstić information content (AvgIpc) is 4.12. The molecule has 2 aliphatic rings. The summed E-state index contributed by atoms with van der Waals surface area (Å²) in [5.41, 5.74) is 18.0. The Bertz CT molecular complexity index is 2930. The van der Waals surface area contributed by atoms with Crippen molar-refractivity contribution in [1.82, 2.24) is 49.3 Å². The molecule has 0 aliphatic carbocycles. The fraction of sp³-hybridized carbons (Fsp3) is 0.314. The number of hydrogen-bond acceptors (Lipinski definition) is 11. The van der Waals surface area contributed by atoms with E-state index in [1.165, 1.54) is 17.0 Å². The summed E-state index contributed by atoms with van der Waals surface area (Å²) < 4.78 is 16.2.